The van der Waals surface area contributed by atoms with Crippen LogP contribution in [-0.4, -0.2) is 64.0 Å². The first-order valence-electron chi connectivity index (χ1n) is 12.7. The minimum atomic E-state index is -1.03. The van der Waals surface area contributed by atoms with Crippen molar-refractivity contribution in [2.24, 2.45) is 11.8 Å². The van der Waals surface area contributed by atoms with Crippen molar-refractivity contribution in [3.8, 4) is 5.75 Å². The van der Waals surface area contributed by atoms with E-state index >= 15 is 0 Å². The summed E-state index contributed by atoms with van der Waals surface area (Å²) in [6.07, 6.45) is 3.97. The molecule has 0 aliphatic carbocycles. The Kier molecular flexibility index (Phi) is 11.3. The molecule has 6 N–H and O–H groups in total. The average Bonchev–Trinajstić information content (AvgIpc) is 2.85. The summed E-state index contributed by atoms with van der Waals surface area (Å²) in [5.74, 6) is -3.93. The summed E-state index contributed by atoms with van der Waals surface area (Å²) in [6.45, 7) is 6.68. The Labute approximate surface area is 222 Å². The lowest BCUT2D eigenvalue weighted by Crippen LogP contribution is -2.56. The van der Waals surface area contributed by atoms with Gasteiger partial charge in [-0.2, -0.15) is 0 Å². The van der Waals surface area contributed by atoms with Crippen molar-refractivity contribution in [1.82, 2.24) is 21.3 Å². The Balaban J connectivity index is 2.39. The molecule has 1 aliphatic rings. The zero-order chi connectivity index (χ0) is 28.4. The van der Waals surface area contributed by atoms with Gasteiger partial charge in [0, 0.05) is 18.9 Å². The predicted octanol–water partition coefficient (Wildman–Crippen LogP) is 1.01. The lowest BCUT2D eigenvalue weighted by atomic mass is 9.94. The lowest BCUT2D eigenvalue weighted by Gasteiger charge is -2.28. The smallest absolute Gasteiger partial charge is 0.303 e. The summed E-state index contributed by atoms with van der Waals surface area (Å²) in [4.78, 5) is 63.3. The molecule has 11 nitrogen and oxygen atoms in total. The second kappa shape index (κ2) is 14.2. The Morgan fingerprint density at radius 2 is 1.55 bits per heavy atom. The average molecular weight is 531 g/mol. The zero-order valence-electron chi connectivity index (χ0n) is 22.2. The van der Waals surface area contributed by atoms with Gasteiger partial charge in [-0.05, 0) is 43.4 Å². The highest BCUT2D eigenvalue weighted by Crippen LogP contribution is 2.15. The molecule has 1 aromatic carbocycles. The SMILES string of the molecule is CC1NC(=O)C(C(C)C)NC(=O)C(C)C(CC=CCCC(=O)O)NC(=O)C(Cc2ccc(O)cc2)NC1=O. The van der Waals surface area contributed by atoms with Crippen LogP contribution in [0.4, 0.5) is 0 Å². The third-order valence-corrected chi connectivity index (χ3v) is 6.43. The molecule has 11 heteroatoms. The summed E-state index contributed by atoms with van der Waals surface area (Å²) in [6, 6.07) is 2.62. The normalized spacial score (nSPS) is 25.4. The van der Waals surface area contributed by atoms with Crippen LogP contribution >= 0.6 is 0 Å². The van der Waals surface area contributed by atoms with Crippen LogP contribution < -0.4 is 21.3 Å². The van der Waals surface area contributed by atoms with Crippen LogP contribution in [0.5, 0.6) is 5.75 Å². The van der Waals surface area contributed by atoms with Gasteiger partial charge < -0.3 is 31.5 Å². The van der Waals surface area contributed by atoms with Crippen molar-refractivity contribution in [1.29, 1.82) is 0 Å². The van der Waals surface area contributed by atoms with Gasteiger partial charge in [0.05, 0.1) is 5.92 Å². The number of carboxylic acid groups (broad SMARTS) is 1. The van der Waals surface area contributed by atoms with E-state index in [4.69, 9.17) is 5.11 Å². The molecule has 0 bridgehead atoms. The molecule has 2 rings (SSSR count). The van der Waals surface area contributed by atoms with E-state index in [9.17, 15) is 29.1 Å². The third kappa shape index (κ3) is 9.20. The second-order valence-electron chi connectivity index (χ2n) is 9.94. The molecule has 1 heterocycles. The Morgan fingerprint density at radius 1 is 0.895 bits per heavy atom. The number of benzene rings is 1. The molecule has 1 saturated heterocycles. The van der Waals surface area contributed by atoms with E-state index in [1.165, 1.54) is 19.1 Å². The summed E-state index contributed by atoms with van der Waals surface area (Å²) >= 11 is 0. The first kappa shape index (κ1) is 30.3. The van der Waals surface area contributed by atoms with E-state index in [-0.39, 0.29) is 30.9 Å². The van der Waals surface area contributed by atoms with Crippen molar-refractivity contribution >= 4 is 29.6 Å². The van der Waals surface area contributed by atoms with Gasteiger partial charge in [0.25, 0.3) is 0 Å². The maximum absolute atomic E-state index is 13.4. The monoisotopic (exact) mass is 530 g/mol. The van der Waals surface area contributed by atoms with Crippen molar-refractivity contribution in [2.45, 2.75) is 77.5 Å². The molecule has 0 spiro atoms. The number of phenols is 1. The van der Waals surface area contributed by atoms with Crippen LogP contribution in [0.2, 0.25) is 0 Å². The van der Waals surface area contributed by atoms with Gasteiger partial charge in [-0.3, -0.25) is 24.0 Å². The topological polar surface area (TPSA) is 174 Å². The number of hydrogen-bond acceptors (Lipinski definition) is 6. The highest BCUT2D eigenvalue weighted by atomic mass is 16.4. The fraction of sp³-hybridized carbons (Fsp3) is 0.519. The van der Waals surface area contributed by atoms with Crippen molar-refractivity contribution < 1.29 is 34.2 Å². The summed E-state index contributed by atoms with van der Waals surface area (Å²) in [7, 11) is 0. The van der Waals surface area contributed by atoms with E-state index in [2.05, 4.69) is 21.3 Å². The highest BCUT2D eigenvalue weighted by Gasteiger charge is 2.34. The number of hydrogen-bond donors (Lipinski definition) is 6. The maximum atomic E-state index is 13.4. The second-order valence-corrected chi connectivity index (χ2v) is 9.94. The van der Waals surface area contributed by atoms with E-state index in [0.29, 0.717) is 12.0 Å². The predicted molar refractivity (Wildman–Crippen MR) is 140 cm³/mol. The minimum absolute atomic E-state index is 0.0480. The maximum Gasteiger partial charge on any atom is 0.303 e. The summed E-state index contributed by atoms with van der Waals surface area (Å²) in [5, 5.41) is 29.4. The summed E-state index contributed by atoms with van der Waals surface area (Å²) < 4.78 is 0. The number of nitrogens with one attached hydrogen (secondary N) is 4. The Morgan fingerprint density at radius 3 is 2.16 bits per heavy atom. The number of aliphatic carboxylic acids is 1. The van der Waals surface area contributed by atoms with Crippen molar-refractivity contribution in [3.05, 3.63) is 42.0 Å². The number of aromatic hydroxyl groups is 1. The van der Waals surface area contributed by atoms with Gasteiger partial charge in [0.1, 0.15) is 23.9 Å². The van der Waals surface area contributed by atoms with Crippen LogP contribution in [0.25, 0.3) is 0 Å². The quantitative estimate of drug-likeness (QED) is 0.272. The van der Waals surface area contributed by atoms with Gasteiger partial charge in [0.15, 0.2) is 0 Å². The third-order valence-electron chi connectivity index (χ3n) is 6.43. The molecule has 38 heavy (non-hydrogen) atoms. The zero-order valence-corrected chi connectivity index (χ0v) is 22.2. The number of allylic oxidation sites excluding steroid dienone is 1. The Bertz CT molecular complexity index is 1040. The molecule has 5 unspecified atom stereocenters. The number of carbonyl (C=O) groups is 5. The molecule has 0 aromatic heterocycles. The minimum Gasteiger partial charge on any atom is -0.508 e. The molecule has 208 valence electrons. The molecule has 0 saturated carbocycles. The van der Waals surface area contributed by atoms with Crippen molar-refractivity contribution in [2.75, 3.05) is 0 Å². The van der Waals surface area contributed by atoms with Crippen LogP contribution in [0.15, 0.2) is 36.4 Å². The Hall–Kier alpha value is -3.89. The van der Waals surface area contributed by atoms with Gasteiger partial charge in [-0.15, -0.1) is 0 Å². The molecule has 1 fully saturated rings. The number of amides is 4. The van der Waals surface area contributed by atoms with E-state index < -0.39 is 59.7 Å². The van der Waals surface area contributed by atoms with Gasteiger partial charge in [-0.1, -0.05) is 45.1 Å². The van der Waals surface area contributed by atoms with Crippen LogP contribution in [0.1, 0.15) is 52.5 Å². The fourth-order valence-corrected chi connectivity index (χ4v) is 3.98. The largest absolute Gasteiger partial charge is 0.508 e. The standard InChI is InChI=1S/C27H38N4O7/c1-15(2)23-27(38)28-17(4)25(36)30-21(14-18-10-12-19(32)13-11-18)26(37)29-20(16(3)24(35)31-23)8-6-5-7-9-22(33)34/h5-6,10-13,15-17,20-21,23,32H,7-9,14H2,1-4H3,(H,28,38)(H,29,37)(H,30,36)(H,31,35)(H,33,34). The number of rotatable bonds is 8. The molecular weight excluding hydrogens is 492 g/mol. The molecule has 4 amide bonds. The fourth-order valence-electron chi connectivity index (χ4n) is 3.98. The number of carbonyl (C=O) groups excluding carboxylic acids is 4. The van der Waals surface area contributed by atoms with Gasteiger partial charge in [0.2, 0.25) is 23.6 Å². The van der Waals surface area contributed by atoms with Crippen LogP contribution in [0.3, 0.4) is 0 Å². The first-order valence-corrected chi connectivity index (χ1v) is 12.7. The first-order chi connectivity index (χ1) is 17.9. The lowest BCUT2D eigenvalue weighted by molar-refractivity contribution is -0.137. The van der Waals surface area contributed by atoms with E-state index in [1.807, 2.05) is 0 Å². The van der Waals surface area contributed by atoms with Crippen molar-refractivity contribution in [3.63, 3.8) is 0 Å². The van der Waals surface area contributed by atoms with Crippen LogP contribution in [-0.2, 0) is 30.4 Å². The number of phenolic OH excluding ortho intramolecular Hbond substituents is 1. The molecule has 5 atom stereocenters. The van der Waals surface area contributed by atoms with E-state index in [1.54, 1.807) is 45.1 Å². The van der Waals surface area contributed by atoms with Crippen LogP contribution in [0, 0.1) is 11.8 Å². The molecule has 1 aliphatic heterocycles. The molecule has 1 aromatic rings. The number of carboxylic acids is 1. The van der Waals surface area contributed by atoms with E-state index in [0.717, 1.165) is 0 Å². The summed E-state index contributed by atoms with van der Waals surface area (Å²) in [5.41, 5.74) is 0.681. The highest BCUT2D eigenvalue weighted by molar-refractivity contribution is 5.95. The molecular formula is C27H38N4O7. The van der Waals surface area contributed by atoms with Gasteiger partial charge >= 0.3 is 5.97 Å². The van der Waals surface area contributed by atoms with Gasteiger partial charge in [-0.25, -0.2) is 0 Å². The molecule has 0 radical (unpaired) electrons.